The molecule has 2 aromatic carbocycles. The lowest BCUT2D eigenvalue weighted by molar-refractivity contribution is -0.128. The lowest BCUT2D eigenvalue weighted by Gasteiger charge is -2.31. The molecule has 0 saturated carbocycles. The Balaban J connectivity index is 1.18. The molecule has 2 amide bonds. The van der Waals surface area contributed by atoms with Gasteiger partial charge in [-0.05, 0) is 38.1 Å². The molecule has 2 N–H and O–H groups in total. The first-order valence-electron chi connectivity index (χ1n) is 10.9. The van der Waals surface area contributed by atoms with E-state index in [2.05, 4.69) is 10.6 Å². The van der Waals surface area contributed by atoms with Crippen molar-refractivity contribution in [2.24, 2.45) is 0 Å². The maximum Gasteiger partial charge on any atom is 0.220 e. The molecule has 0 fully saturated rings. The van der Waals surface area contributed by atoms with Gasteiger partial charge in [-0.2, -0.15) is 0 Å². The normalized spacial score (nSPS) is 20.6. The van der Waals surface area contributed by atoms with Crippen molar-refractivity contribution < 1.29 is 28.5 Å². The molecule has 0 aliphatic carbocycles. The molecule has 4 rings (SSSR count). The van der Waals surface area contributed by atoms with Crippen LogP contribution in [0.2, 0.25) is 0 Å². The Morgan fingerprint density at radius 1 is 0.750 bits per heavy atom. The van der Waals surface area contributed by atoms with Crippen LogP contribution in [-0.4, -0.2) is 49.3 Å². The van der Waals surface area contributed by atoms with Crippen molar-refractivity contribution in [1.82, 2.24) is 10.6 Å². The number of carbonyl (C=O) groups excluding carboxylic acids is 2. The van der Waals surface area contributed by atoms with Gasteiger partial charge in [0, 0.05) is 12.8 Å². The molecule has 8 heteroatoms. The number of nitrogens with one attached hydrogen (secondary N) is 2. The van der Waals surface area contributed by atoms with E-state index in [1.165, 1.54) is 0 Å². The van der Waals surface area contributed by atoms with Gasteiger partial charge in [-0.3, -0.25) is 9.59 Å². The second-order valence-electron chi connectivity index (χ2n) is 8.04. The average Bonchev–Trinajstić information content (AvgIpc) is 2.82. The molecule has 0 saturated heterocycles. The smallest absolute Gasteiger partial charge is 0.220 e. The summed E-state index contributed by atoms with van der Waals surface area (Å²) >= 11 is 0. The number of rotatable bonds is 7. The number of hydrogen-bond donors (Lipinski definition) is 2. The summed E-state index contributed by atoms with van der Waals surface area (Å²) in [6.07, 6.45) is -0.432. The first-order valence-corrected chi connectivity index (χ1v) is 10.9. The molecule has 2 aliphatic rings. The van der Waals surface area contributed by atoms with E-state index in [0.29, 0.717) is 36.2 Å². The summed E-state index contributed by atoms with van der Waals surface area (Å²) in [5.41, 5.74) is 0. The minimum atomic E-state index is -0.297. The van der Waals surface area contributed by atoms with E-state index in [1.807, 2.05) is 62.4 Å². The Morgan fingerprint density at radius 2 is 1.12 bits per heavy atom. The van der Waals surface area contributed by atoms with Crippen molar-refractivity contribution in [3.05, 3.63) is 48.5 Å². The van der Waals surface area contributed by atoms with Crippen LogP contribution in [0.3, 0.4) is 0 Å². The van der Waals surface area contributed by atoms with Gasteiger partial charge < -0.3 is 29.6 Å². The van der Waals surface area contributed by atoms with E-state index in [9.17, 15) is 9.59 Å². The topological polar surface area (TPSA) is 95.1 Å². The van der Waals surface area contributed by atoms with Crippen molar-refractivity contribution in [2.45, 2.75) is 51.0 Å². The summed E-state index contributed by atoms with van der Waals surface area (Å²) in [7, 11) is 0. The van der Waals surface area contributed by atoms with Crippen LogP contribution in [-0.2, 0) is 9.59 Å². The molecule has 170 valence electrons. The van der Waals surface area contributed by atoms with Gasteiger partial charge in [-0.15, -0.1) is 0 Å². The zero-order valence-electron chi connectivity index (χ0n) is 18.2. The molecule has 4 atom stereocenters. The van der Waals surface area contributed by atoms with Gasteiger partial charge in [0.2, 0.25) is 11.8 Å². The Labute approximate surface area is 187 Å². The van der Waals surface area contributed by atoms with Crippen molar-refractivity contribution in [3.8, 4) is 23.0 Å². The van der Waals surface area contributed by atoms with E-state index in [0.717, 1.165) is 0 Å². The Hall–Kier alpha value is -3.42. The Morgan fingerprint density at radius 3 is 1.53 bits per heavy atom. The highest BCUT2D eigenvalue weighted by atomic mass is 16.6. The molecule has 2 aliphatic heterocycles. The van der Waals surface area contributed by atoms with E-state index >= 15 is 0 Å². The Kier molecular flexibility index (Phi) is 6.68. The molecule has 0 radical (unpaired) electrons. The monoisotopic (exact) mass is 440 g/mol. The van der Waals surface area contributed by atoms with Crippen molar-refractivity contribution in [2.75, 3.05) is 13.2 Å². The maximum atomic E-state index is 12.3. The number of benzene rings is 2. The van der Waals surface area contributed by atoms with Crippen LogP contribution in [0.5, 0.6) is 23.0 Å². The molecular weight excluding hydrogens is 412 g/mol. The third kappa shape index (κ3) is 5.25. The summed E-state index contributed by atoms with van der Waals surface area (Å²) in [4.78, 5) is 24.7. The standard InChI is InChI=1S/C24H28N2O6/c1-15(21-13-29-17-7-3-5-9-19(17)31-21)25-23(27)11-12-24(28)26-16(2)22-14-30-18-8-4-6-10-20(18)32-22/h3-10,15-16,21-22H,11-14H2,1-2H3,(H,25,27)(H,26,28)/t15-,16+,21-,22-/m1/s1. The summed E-state index contributed by atoms with van der Waals surface area (Å²) in [5.74, 6) is 2.29. The fraction of sp³-hybridized carbons (Fsp3) is 0.417. The number of amides is 2. The van der Waals surface area contributed by atoms with E-state index in [-0.39, 0.29) is 48.9 Å². The SMILES string of the molecule is C[C@H](NC(=O)CCC(=O)N[C@H](C)[C@H]1COc2ccccc2O1)[C@H]1COc2ccccc2O1. The van der Waals surface area contributed by atoms with Crippen LogP contribution in [0.15, 0.2) is 48.5 Å². The molecule has 32 heavy (non-hydrogen) atoms. The second kappa shape index (κ2) is 9.80. The van der Waals surface area contributed by atoms with Gasteiger partial charge in [-0.25, -0.2) is 0 Å². The van der Waals surface area contributed by atoms with Crippen LogP contribution < -0.4 is 29.6 Å². The quantitative estimate of drug-likeness (QED) is 0.687. The van der Waals surface area contributed by atoms with E-state index in [4.69, 9.17) is 18.9 Å². The van der Waals surface area contributed by atoms with E-state index in [1.54, 1.807) is 0 Å². The predicted octanol–water partition coefficient (Wildman–Crippen LogP) is 2.46. The molecule has 8 nitrogen and oxygen atoms in total. The largest absolute Gasteiger partial charge is 0.486 e. The fourth-order valence-electron chi connectivity index (χ4n) is 3.63. The van der Waals surface area contributed by atoms with Crippen LogP contribution in [0.4, 0.5) is 0 Å². The second-order valence-corrected chi connectivity index (χ2v) is 8.04. The maximum absolute atomic E-state index is 12.3. The molecule has 2 heterocycles. The zero-order valence-corrected chi connectivity index (χ0v) is 18.2. The van der Waals surface area contributed by atoms with Crippen LogP contribution in [0, 0.1) is 0 Å². The fourth-order valence-corrected chi connectivity index (χ4v) is 3.63. The highest BCUT2D eigenvalue weighted by molar-refractivity contribution is 5.84. The number of ether oxygens (including phenoxy) is 4. The van der Waals surface area contributed by atoms with Crippen LogP contribution in [0.1, 0.15) is 26.7 Å². The van der Waals surface area contributed by atoms with Crippen LogP contribution >= 0.6 is 0 Å². The lowest BCUT2D eigenvalue weighted by atomic mass is 10.1. The number of fused-ring (bicyclic) bond motifs is 2. The molecule has 0 bridgehead atoms. The van der Waals surface area contributed by atoms with Gasteiger partial charge in [0.25, 0.3) is 0 Å². The van der Waals surface area contributed by atoms with Crippen molar-refractivity contribution in [1.29, 1.82) is 0 Å². The highest BCUT2D eigenvalue weighted by Gasteiger charge is 2.28. The van der Waals surface area contributed by atoms with Gasteiger partial charge in [-0.1, -0.05) is 24.3 Å². The zero-order chi connectivity index (χ0) is 22.5. The number of carbonyl (C=O) groups is 2. The summed E-state index contributed by atoms with van der Waals surface area (Å²) < 4.78 is 23.2. The summed E-state index contributed by atoms with van der Waals surface area (Å²) in [6, 6.07) is 14.3. The average molecular weight is 440 g/mol. The van der Waals surface area contributed by atoms with Crippen molar-refractivity contribution in [3.63, 3.8) is 0 Å². The first-order chi connectivity index (χ1) is 15.5. The van der Waals surface area contributed by atoms with Crippen LogP contribution in [0.25, 0.3) is 0 Å². The molecule has 0 unspecified atom stereocenters. The molecule has 0 aromatic heterocycles. The minimum Gasteiger partial charge on any atom is -0.486 e. The Bertz CT molecular complexity index is 888. The highest BCUT2D eigenvalue weighted by Crippen LogP contribution is 2.32. The third-order valence-electron chi connectivity index (χ3n) is 5.53. The predicted molar refractivity (Wildman–Crippen MR) is 117 cm³/mol. The number of hydrogen-bond acceptors (Lipinski definition) is 6. The first kappa shape index (κ1) is 21.8. The summed E-state index contributed by atoms with van der Waals surface area (Å²) in [5, 5.41) is 5.79. The summed E-state index contributed by atoms with van der Waals surface area (Å²) in [6.45, 7) is 4.42. The molecule has 0 spiro atoms. The minimum absolute atomic E-state index is 0.0813. The number of para-hydroxylation sites is 4. The van der Waals surface area contributed by atoms with Gasteiger partial charge in [0.05, 0.1) is 12.1 Å². The van der Waals surface area contributed by atoms with Gasteiger partial charge in [0.15, 0.2) is 35.2 Å². The third-order valence-corrected chi connectivity index (χ3v) is 5.53. The molecular formula is C24H28N2O6. The molecule has 2 aromatic rings. The van der Waals surface area contributed by atoms with Gasteiger partial charge >= 0.3 is 0 Å². The lowest BCUT2D eigenvalue weighted by Crippen LogP contribution is -2.49. The van der Waals surface area contributed by atoms with E-state index < -0.39 is 0 Å². The van der Waals surface area contributed by atoms with Crippen molar-refractivity contribution >= 4 is 11.8 Å². The van der Waals surface area contributed by atoms with Gasteiger partial charge in [0.1, 0.15) is 13.2 Å².